The Kier molecular flexibility index (Phi) is 3.69. The first-order valence-electron chi connectivity index (χ1n) is 8.31. The van der Waals surface area contributed by atoms with Crippen molar-refractivity contribution in [3.8, 4) is 5.75 Å². The number of hydrogen-bond acceptors (Lipinski definition) is 2. The molecule has 3 nitrogen and oxygen atoms in total. The number of amides is 1. The van der Waals surface area contributed by atoms with Crippen molar-refractivity contribution in [3.63, 3.8) is 0 Å². The summed E-state index contributed by atoms with van der Waals surface area (Å²) in [5, 5.41) is 5.29. The summed E-state index contributed by atoms with van der Waals surface area (Å²) >= 11 is 0. The molecule has 0 fully saturated rings. The number of nitrogens with one attached hydrogen (secondary N) is 1. The van der Waals surface area contributed by atoms with Gasteiger partial charge < -0.3 is 10.1 Å². The van der Waals surface area contributed by atoms with Crippen LogP contribution in [0.25, 0.3) is 10.8 Å². The minimum atomic E-state index is 0.0149. The maximum Gasteiger partial charge on any atom is 0.225 e. The zero-order chi connectivity index (χ0) is 16.5. The monoisotopic (exact) mass is 317 g/mol. The molecule has 120 valence electrons. The van der Waals surface area contributed by atoms with E-state index in [2.05, 4.69) is 35.6 Å². The molecular formula is C21H19NO2. The first-order chi connectivity index (χ1) is 11.8. The molecule has 0 saturated heterocycles. The van der Waals surface area contributed by atoms with Crippen LogP contribution < -0.4 is 10.1 Å². The maximum atomic E-state index is 12.4. The second kappa shape index (κ2) is 6.00. The van der Waals surface area contributed by atoms with Gasteiger partial charge in [0.2, 0.25) is 5.91 Å². The number of ether oxygens (including phenoxy) is 1. The highest BCUT2D eigenvalue weighted by molar-refractivity contribution is 6.06. The molecule has 24 heavy (non-hydrogen) atoms. The Labute approximate surface area is 141 Å². The summed E-state index contributed by atoms with van der Waals surface area (Å²) in [5.74, 6) is 0.926. The molecular weight excluding hydrogens is 298 g/mol. The van der Waals surface area contributed by atoms with Crippen LogP contribution in [0.4, 0.5) is 5.69 Å². The first kappa shape index (κ1) is 14.8. The predicted molar refractivity (Wildman–Crippen MR) is 96.6 cm³/mol. The topological polar surface area (TPSA) is 38.3 Å². The van der Waals surface area contributed by atoms with Gasteiger partial charge in [0, 0.05) is 23.3 Å². The Morgan fingerprint density at radius 3 is 2.67 bits per heavy atom. The lowest BCUT2D eigenvalue weighted by Crippen LogP contribution is -2.24. The number of carbonyl (C=O) groups excluding carboxylic acids is 1. The SMILES string of the molecule is CCOc1ccccc1C1CC(=O)Nc2c1ccc1ccccc21. The van der Waals surface area contributed by atoms with Gasteiger partial charge in [0.25, 0.3) is 0 Å². The van der Waals surface area contributed by atoms with Crippen LogP contribution in [0.3, 0.4) is 0 Å². The fourth-order valence-corrected chi connectivity index (χ4v) is 3.54. The zero-order valence-corrected chi connectivity index (χ0v) is 13.6. The van der Waals surface area contributed by atoms with Crippen LogP contribution in [0.1, 0.15) is 30.4 Å². The van der Waals surface area contributed by atoms with Crippen molar-refractivity contribution in [1.82, 2.24) is 0 Å². The largest absolute Gasteiger partial charge is 0.494 e. The van der Waals surface area contributed by atoms with Crippen LogP contribution in [0, 0.1) is 0 Å². The molecule has 0 bridgehead atoms. The zero-order valence-electron chi connectivity index (χ0n) is 13.6. The van der Waals surface area contributed by atoms with Gasteiger partial charge in [0.15, 0.2) is 0 Å². The average Bonchev–Trinajstić information content (AvgIpc) is 2.62. The van der Waals surface area contributed by atoms with E-state index in [-0.39, 0.29) is 11.8 Å². The molecule has 3 aromatic rings. The van der Waals surface area contributed by atoms with Crippen LogP contribution in [-0.2, 0) is 4.79 Å². The van der Waals surface area contributed by atoms with E-state index in [1.54, 1.807) is 0 Å². The molecule has 3 heteroatoms. The third-order valence-electron chi connectivity index (χ3n) is 4.58. The van der Waals surface area contributed by atoms with Crippen LogP contribution in [0.5, 0.6) is 5.75 Å². The Hall–Kier alpha value is -2.81. The number of benzene rings is 3. The molecule has 1 amide bonds. The Morgan fingerprint density at radius 1 is 1.00 bits per heavy atom. The highest BCUT2D eigenvalue weighted by Crippen LogP contribution is 2.43. The van der Waals surface area contributed by atoms with E-state index in [9.17, 15) is 4.79 Å². The minimum Gasteiger partial charge on any atom is -0.494 e. The van der Waals surface area contributed by atoms with E-state index in [0.717, 1.165) is 33.3 Å². The third kappa shape index (κ3) is 2.42. The number of rotatable bonds is 3. The summed E-state index contributed by atoms with van der Waals surface area (Å²) < 4.78 is 5.80. The normalized spacial score (nSPS) is 16.5. The van der Waals surface area contributed by atoms with E-state index in [0.29, 0.717) is 13.0 Å². The molecule has 3 aromatic carbocycles. The summed E-state index contributed by atoms with van der Waals surface area (Å²) in [6, 6.07) is 20.4. The molecule has 0 aliphatic carbocycles. The van der Waals surface area contributed by atoms with Crippen LogP contribution in [0.2, 0.25) is 0 Å². The van der Waals surface area contributed by atoms with Gasteiger partial charge in [0.05, 0.1) is 12.3 Å². The highest BCUT2D eigenvalue weighted by Gasteiger charge is 2.29. The van der Waals surface area contributed by atoms with Crippen molar-refractivity contribution in [2.24, 2.45) is 0 Å². The van der Waals surface area contributed by atoms with Gasteiger partial charge in [0.1, 0.15) is 5.75 Å². The molecule has 1 atom stereocenters. The van der Waals surface area contributed by atoms with Gasteiger partial charge in [-0.15, -0.1) is 0 Å². The quantitative estimate of drug-likeness (QED) is 0.759. The summed E-state index contributed by atoms with van der Waals surface area (Å²) in [5.41, 5.74) is 3.16. The van der Waals surface area contributed by atoms with E-state index in [1.165, 1.54) is 0 Å². The second-order valence-electron chi connectivity index (χ2n) is 6.03. The molecule has 0 aromatic heterocycles. The summed E-state index contributed by atoms with van der Waals surface area (Å²) in [6.45, 7) is 2.59. The Balaban J connectivity index is 1.91. The van der Waals surface area contributed by atoms with Crippen LogP contribution in [0.15, 0.2) is 60.7 Å². The smallest absolute Gasteiger partial charge is 0.225 e. The maximum absolute atomic E-state index is 12.4. The number of para-hydroxylation sites is 1. The second-order valence-corrected chi connectivity index (χ2v) is 6.03. The lowest BCUT2D eigenvalue weighted by molar-refractivity contribution is -0.116. The van der Waals surface area contributed by atoms with Crippen LogP contribution in [-0.4, -0.2) is 12.5 Å². The molecule has 1 N–H and O–H groups in total. The minimum absolute atomic E-state index is 0.0149. The lowest BCUT2D eigenvalue weighted by atomic mass is 9.83. The van der Waals surface area contributed by atoms with Crippen molar-refractivity contribution in [2.45, 2.75) is 19.3 Å². The molecule has 1 aliphatic heterocycles. The van der Waals surface area contributed by atoms with E-state index in [1.807, 2.05) is 37.3 Å². The van der Waals surface area contributed by atoms with Crippen molar-refractivity contribution in [1.29, 1.82) is 0 Å². The van der Waals surface area contributed by atoms with Crippen molar-refractivity contribution >= 4 is 22.4 Å². The summed E-state index contributed by atoms with van der Waals surface area (Å²) in [7, 11) is 0. The number of hydrogen-bond donors (Lipinski definition) is 1. The van der Waals surface area contributed by atoms with E-state index in [4.69, 9.17) is 4.74 Å². The molecule has 1 aliphatic rings. The first-order valence-corrected chi connectivity index (χ1v) is 8.31. The van der Waals surface area contributed by atoms with Gasteiger partial charge >= 0.3 is 0 Å². The van der Waals surface area contributed by atoms with E-state index < -0.39 is 0 Å². The standard InChI is InChI=1S/C21H19NO2/c1-2-24-19-10-6-5-9-16(19)18-13-20(23)22-21-15-8-4-3-7-14(15)11-12-17(18)21/h3-12,18H,2,13H2,1H3,(H,22,23). The molecule has 0 radical (unpaired) electrons. The van der Waals surface area contributed by atoms with E-state index >= 15 is 0 Å². The molecule has 1 unspecified atom stereocenters. The fourth-order valence-electron chi connectivity index (χ4n) is 3.54. The third-order valence-corrected chi connectivity index (χ3v) is 4.58. The number of anilines is 1. The molecule has 0 spiro atoms. The number of carbonyl (C=O) groups is 1. The Bertz CT molecular complexity index is 917. The van der Waals surface area contributed by atoms with Crippen LogP contribution >= 0.6 is 0 Å². The van der Waals surface area contributed by atoms with Crippen molar-refractivity contribution < 1.29 is 9.53 Å². The molecule has 4 rings (SSSR count). The Morgan fingerprint density at radius 2 is 1.79 bits per heavy atom. The van der Waals surface area contributed by atoms with Crippen molar-refractivity contribution in [3.05, 3.63) is 71.8 Å². The van der Waals surface area contributed by atoms with Gasteiger partial charge in [-0.05, 0) is 23.9 Å². The lowest BCUT2D eigenvalue weighted by Gasteiger charge is -2.28. The van der Waals surface area contributed by atoms with Gasteiger partial charge in [-0.25, -0.2) is 0 Å². The fraction of sp³-hybridized carbons (Fsp3) is 0.190. The summed E-state index contributed by atoms with van der Waals surface area (Å²) in [4.78, 5) is 12.4. The molecule has 1 heterocycles. The number of fused-ring (bicyclic) bond motifs is 3. The van der Waals surface area contributed by atoms with Crippen molar-refractivity contribution in [2.75, 3.05) is 11.9 Å². The van der Waals surface area contributed by atoms with Gasteiger partial charge in [-0.3, -0.25) is 4.79 Å². The van der Waals surface area contributed by atoms with Gasteiger partial charge in [-0.1, -0.05) is 54.6 Å². The molecule has 0 saturated carbocycles. The predicted octanol–water partition coefficient (Wildman–Crippen LogP) is 4.71. The highest BCUT2D eigenvalue weighted by atomic mass is 16.5. The van der Waals surface area contributed by atoms with Gasteiger partial charge in [-0.2, -0.15) is 0 Å². The summed E-state index contributed by atoms with van der Waals surface area (Å²) in [6.07, 6.45) is 0.440. The average molecular weight is 317 g/mol.